The van der Waals surface area contributed by atoms with Crippen LogP contribution < -0.4 is 0 Å². The number of furan rings is 1. The summed E-state index contributed by atoms with van der Waals surface area (Å²) in [6, 6.07) is 45.1. The number of fused-ring (bicyclic) bond motifs is 7. The number of benzene rings is 6. The molecule has 0 bridgehead atoms. The summed E-state index contributed by atoms with van der Waals surface area (Å²) in [4.78, 5) is 10.6. The van der Waals surface area contributed by atoms with Gasteiger partial charge in [-0.3, -0.25) is 4.57 Å². The molecule has 3 aromatic heterocycles. The fraction of sp³-hybridized carbons (Fsp3) is 0.136. The monoisotopic (exact) mass is 621 g/mol. The molecule has 0 aliphatic carbocycles. The average molecular weight is 622 g/mol. The first-order valence-corrected chi connectivity index (χ1v) is 16.8. The Hall–Kier alpha value is -5.74. The fourth-order valence-corrected chi connectivity index (χ4v) is 7.33. The van der Waals surface area contributed by atoms with Crippen LogP contribution in [0.5, 0.6) is 0 Å². The quantitative estimate of drug-likeness (QED) is 0.180. The molecule has 0 amide bonds. The van der Waals surface area contributed by atoms with Crippen molar-refractivity contribution in [3.63, 3.8) is 0 Å². The molecule has 232 valence electrons. The van der Waals surface area contributed by atoms with Crippen molar-refractivity contribution in [2.45, 2.75) is 39.5 Å². The maximum atomic E-state index is 6.76. The minimum atomic E-state index is 0.281. The third kappa shape index (κ3) is 4.36. The molecule has 48 heavy (non-hydrogen) atoms. The SMILES string of the molecule is CC(C)c1cc(-c2ccccc2)cc(C(C)C)c1-n1c(-c2cccc3c2oc2cc4ccc5ccccc5c4nc23)nc2ccccc21. The molecular weight excluding hydrogens is 587 g/mol. The highest BCUT2D eigenvalue weighted by Crippen LogP contribution is 2.43. The van der Waals surface area contributed by atoms with Crippen LogP contribution in [0, 0.1) is 0 Å². The summed E-state index contributed by atoms with van der Waals surface area (Å²) < 4.78 is 9.14. The molecule has 0 aliphatic rings. The van der Waals surface area contributed by atoms with E-state index in [0.29, 0.717) is 0 Å². The van der Waals surface area contributed by atoms with Gasteiger partial charge in [-0.15, -0.1) is 0 Å². The minimum Gasteiger partial charge on any atom is -0.454 e. The van der Waals surface area contributed by atoms with E-state index in [1.54, 1.807) is 0 Å². The average Bonchev–Trinajstić information content (AvgIpc) is 3.68. The highest BCUT2D eigenvalue weighted by molar-refractivity contribution is 6.14. The van der Waals surface area contributed by atoms with Crippen molar-refractivity contribution in [3.8, 4) is 28.2 Å². The molecule has 0 saturated carbocycles. The first-order chi connectivity index (χ1) is 23.5. The van der Waals surface area contributed by atoms with Gasteiger partial charge in [0.2, 0.25) is 0 Å². The van der Waals surface area contributed by atoms with Crippen molar-refractivity contribution in [2.24, 2.45) is 0 Å². The lowest BCUT2D eigenvalue weighted by Gasteiger charge is -2.24. The van der Waals surface area contributed by atoms with Crippen molar-refractivity contribution in [1.82, 2.24) is 14.5 Å². The van der Waals surface area contributed by atoms with Gasteiger partial charge in [0.05, 0.1) is 27.8 Å². The number of hydrogen-bond donors (Lipinski definition) is 0. The van der Waals surface area contributed by atoms with Crippen molar-refractivity contribution in [3.05, 3.63) is 139 Å². The second-order valence-electron chi connectivity index (χ2n) is 13.4. The van der Waals surface area contributed by atoms with Gasteiger partial charge in [0.15, 0.2) is 5.58 Å². The van der Waals surface area contributed by atoms with Crippen LogP contribution in [0.3, 0.4) is 0 Å². The molecule has 6 aromatic carbocycles. The van der Waals surface area contributed by atoms with Crippen molar-refractivity contribution in [1.29, 1.82) is 0 Å². The van der Waals surface area contributed by atoms with E-state index in [1.165, 1.54) is 33.3 Å². The predicted molar refractivity (Wildman–Crippen MR) is 200 cm³/mol. The summed E-state index contributed by atoms with van der Waals surface area (Å²) in [5.41, 5.74) is 12.7. The molecule has 0 fully saturated rings. The van der Waals surface area contributed by atoms with Crippen LogP contribution in [0.2, 0.25) is 0 Å². The van der Waals surface area contributed by atoms with Crippen LogP contribution in [-0.4, -0.2) is 14.5 Å². The van der Waals surface area contributed by atoms with E-state index in [-0.39, 0.29) is 11.8 Å². The maximum absolute atomic E-state index is 6.76. The summed E-state index contributed by atoms with van der Waals surface area (Å²) in [5, 5.41) is 4.38. The molecular formula is C44H35N3O. The first kappa shape index (κ1) is 28.5. The van der Waals surface area contributed by atoms with Crippen LogP contribution in [0.25, 0.3) is 83.0 Å². The van der Waals surface area contributed by atoms with Gasteiger partial charge in [0.25, 0.3) is 0 Å². The molecule has 0 N–H and O–H groups in total. The lowest BCUT2D eigenvalue weighted by Crippen LogP contribution is -2.09. The zero-order chi connectivity index (χ0) is 32.5. The molecule has 0 unspecified atom stereocenters. The third-order valence-electron chi connectivity index (χ3n) is 9.70. The Morgan fingerprint density at radius 2 is 1.25 bits per heavy atom. The highest BCUT2D eigenvalue weighted by Gasteiger charge is 2.25. The number of nitrogens with zero attached hydrogens (tertiary/aromatic N) is 3. The van der Waals surface area contributed by atoms with E-state index < -0.39 is 0 Å². The Kier molecular flexibility index (Phi) is 6.48. The van der Waals surface area contributed by atoms with Gasteiger partial charge in [-0.25, -0.2) is 9.97 Å². The van der Waals surface area contributed by atoms with Crippen molar-refractivity contribution >= 4 is 54.8 Å². The van der Waals surface area contributed by atoms with E-state index >= 15 is 0 Å². The summed E-state index contributed by atoms with van der Waals surface area (Å²) in [5.74, 6) is 1.43. The number of imidazole rings is 1. The Balaban J connectivity index is 1.35. The van der Waals surface area contributed by atoms with Crippen molar-refractivity contribution < 1.29 is 4.42 Å². The van der Waals surface area contributed by atoms with Gasteiger partial charge in [-0.05, 0) is 81.9 Å². The molecule has 3 heterocycles. The van der Waals surface area contributed by atoms with Gasteiger partial charge in [0, 0.05) is 16.2 Å². The van der Waals surface area contributed by atoms with Crippen LogP contribution in [0.1, 0.15) is 50.7 Å². The van der Waals surface area contributed by atoms with Gasteiger partial charge < -0.3 is 4.42 Å². The van der Waals surface area contributed by atoms with E-state index in [4.69, 9.17) is 14.4 Å². The van der Waals surface area contributed by atoms with Gasteiger partial charge >= 0.3 is 0 Å². The Morgan fingerprint density at radius 3 is 2.04 bits per heavy atom. The van der Waals surface area contributed by atoms with Gasteiger partial charge in [-0.1, -0.05) is 113 Å². The van der Waals surface area contributed by atoms with E-state index in [1.807, 2.05) is 0 Å². The van der Waals surface area contributed by atoms with Gasteiger partial charge in [0.1, 0.15) is 16.9 Å². The second-order valence-corrected chi connectivity index (χ2v) is 13.4. The smallest absolute Gasteiger partial charge is 0.154 e. The van der Waals surface area contributed by atoms with E-state index in [9.17, 15) is 0 Å². The number of aromatic nitrogens is 3. The Bertz CT molecular complexity index is 2650. The summed E-state index contributed by atoms with van der Waals surface area (Å²) >= 11 is 0. The molecule has 0 aliphatic heterocycles. The Labute approximate surface area is 279 Å². The zero-order valence-corrected chi connectivity index (χ0v) is 27.5. The normalized spacial score (nSPS) is 12.1. The highest BCUT2D eigenvalue weighted by atomic mass is 16.3. The number of rotatable bonds is 5. The van der Waals surface area contributed by atoms with Crippen molar-refractivity contribution in [2.75, 3.05) is 0 Å². The molecule has 9 aromatic rings. The number of hydrogen-bond acceptors (Lipinski definition) is 3. The second kappa shape index (κ2) is 10.9. The number of pyridine rings is 1. The third-order valence-corrected chi connectivity index (χ3v) is 9.70. The van der Waals surface area contributed by atoms with Crippen LogP contribution in [0.15, 0.2) is 132 Å². The molecule has 9 rings (SSSR count). The topological polar surface area (TPSA) is 43.9 Å². The van der Waals surface area contributed by atoms with Gasteiger partial charge in [-0.2, -0.15) is 0 Å². The fourth-order valence-electron chi connectivity index (χ4n) is 7.33. The standard InChI is InChI=1S/C44H35N3O/c1-26(2)35-23-31(28-13-6-5-7-14-28)24-36(27(3)4)42(35)47-38-20-11-10-19-37(38)45-44(47)34-18-12-17-33-41-39(48-43(33)34)25-30-22-21-29-15-8-9-16-32(29)40(30)46-41/h5-27H,1-4H3. The first-order valence-electron chi connectivity index (χ1n) is 16.8. The Morgan fingerprint density at radius 1 is 0.562 bits per heavy atom. The molecule has 0 spiro atoms. The lowest BCUT2D eigenvalue weighted by atomic mass is 9.88. The zero-order valence-electron chi connectivity index (χ0n) is 27.5. The van der Waals surface area contributed by atoms with E-state index in [0.717, 1.165) is 60.8 Å². The molecule has 4 heteroatoms. The molecule has 0 saturated heterocycles. The molecule has 4 nitrogen and oxygen atoms in total. The minimum absolute atomic E-state index is 0.281. The summed E-state index contributed by atoms with van der Waals surface area (Å²) in [7, 11) is 0. The van der Waals surface area contributed by atoms with E-state index in [2.05, 4.69) is 160 Å². The number of para-hydroxylation sites is 3. The maximum Gasteiger partial charge on any atom is 0.154 e. The largest absolute Gasteiger partial charge is 0.454 e. The summed E-state index contributed by atoms with van der Waals surface area (Å²) in [6.45, 7) is 9.15. The molecule has 0 atom stereocenters. The van der Waals surface area contributed by atoms with Crippen LogP contribution >= 0.6 is 0 Å². The molecule has 0 radical (unpaired) electrons. The predicted octanol–water partition coefficient (Wildman–Crippen LogP) is 12.2. The summed E-state index contributed by atoms with van der Waals surface area (Å²) in [6.07, 6.45) is 0. The lowest BCUT2D eigenvalue weighted by molar-refractivity contribution is 0.669. The van der Waals surface area contributed by atoms with Crippen LogP contribution in [-0.2, 0) is 0 Å². The van der Waals surface area contributed by atoms with Crippen LogP contribution in [0.4, 0.5) is 0 Å².